The average molecular weight is 270 g/mol. The van der Waals surface area contributed by atoms with Gasteiger partial charge in [0.2, 0.25) is 0 Å². The number of carboxylic acid groups (broad SMARTS) is 1. The molecular weight excluding hydrogens is 252 g/mol. The summed E-state index contributed by atoms with van der Waals surface area (Å²) in [6, 6.07) is 3.07. The average Bonchev–Trinajstić information content (AvgIpc) is 2.84. The maximum Gasteiger partial charge on any atom is 0.322 e. The largest absolute Gasteiger partial charge is 0.480 e. The number of carbonyl (C=O) groups excluding carboxylic acids is 1. The molecule has 0 bridgehead atoms. The number of aliphatic carboxylic acids is 1. The van der Waals surface area contributed by atoms with Gasteiger partial charge in [0.25, 0.3) is 5.91 Å². The van der Waals surface area contributed by atoms with E-state index in [4.69, 9.17) is 14.6 Å². The molecule has 1 aromatic rings. The molecule has 0 saturated carbocycles. The van der Waals surface area contributed by atoms with Crippen molar-refractivity contribution in [2.75, 3.05) is 26.7 Å². The van der Waals surface area contributed by atoms with Gasteiger partial charge in [0.1, 0.15) is 12.3 Å². The molecule has 19 heavy (non-hydrogen) atoms. The van der Waals surface area contributed by atoms with Gasteiger partial charge in [-0.1, -0.05) is 0 Å². The van der Waals surface area contributed by atoms with E-state index in [-0.39, 0.29) is 18.4 Å². The minimum atomic E-state index is -1.11. The summed E-state index contributed by atoms with van der Waals surface area (Å²) in [5.74, 6) is -1.03. The number of amides is 1. The third kappa shape index (κ3) is 4.38. The predicted octanol–water partition coefficient (Wildman–Crippen LogP) is 0.0791. The summed E-state index contributed by atoms with van der Waals surface area (Å²) in [4.78, 5) is 23.8. The van der Waals surface area contributed by atoms with Crippen LogP contribution in [-0.4, -0.2) is 53.7 Å². The van der Waals surface area contributed by atoms with E-state index < -0.39 is 18.4 Å². The van der Waals surface area contributed by atoms with Crippen LogP contribution in [0.3, 0.4) is 0 Å². The molecule has 1 rings (SSSR count). The zero-order valence-electron chi connectivity index (χ0n) is 10.9. The number of carbonyl (C=O) groups is 2. The van der Waals surface area contributed by atoms with E-state index in [1.807, 2.05) is 18.9 Å². The minimum absolute atomic E-state index is 0.0352. The molecule has 3 N–H and O–H groups in total. The first-order valence-corrected chi connectivity index (χ1v) is 5.86. The molecule has 0 saturated heterocycles. The van der Waals surface area contributed by atoms with Gasteiger partial charge in [0.05, 0.1) is 12.6 Å². The van der Waals surface area contributed by atoms with E-state index in [1.54, 1.807) is 6.07 Å². The molecule has 7 heteroatoms. The van der Waals surface area contributed by atoms with Crippen molar-refractivity contribution in [1.29, 1.82) is 0 Å². The van der Waals surface area contributed by atoms with Crippen LogP contribution in [0.5, 0.6) is 0 Å². The Labute approximate surface area is 110 Å². The first-order valence-electron chi connectivity index (χ1n) is 5.86. The second kappa shape index (κ2) is 6.91. The second-order valence-corrected chi connectivity index (χ2v) is 4.16. The summed E-state index contributed by atoms with van der Waals surface area (Å²) in [6.45, 7) is 1.96. The van der Waals surface area contributed by atoms with Crippen LogP contribution in [0, 0.1) is 0 Å². The Morgan fingerprint density at radius 2 is 2.16 bits per heavy atom. The Hall–Kier alpha value is -1.86. The Balaban J connectivity index is 2.65. The molecule has 1 amide bonds. The Kier molecular flexibility index (Phi) is 5.53. The molecular formula is C12H18N2O5. The monoisotopic (exact) mass is 270 g/mol. The summed E-state index contributed by atoms with van der Waals surface area (Å²) in [7, 11) is 1.83. The van der Waals surface area contributed by atoms with Gasteiger partial charge in [-0.2, -0.15) is 0 Å². The normalized spacial score (nSPS) is 12.4. The predicted molar refractivity (Wildman–Crippen MR) is 66.8 cm³/mol. The molecule has 106 valence electrons. The number of aliphatic hydroxyl groups is 1. The van der Waals surface area contributed by atoms with Gasteiger partial charge in [0, 0.05) is 6.54 Å². The van der Waals surface area contributed by atoms with Gasteiger partial charge >= 0.3 is 5.97 Å². The molecule has 7 nitrogen and oxygen atoms in total. The summed E-state index contributed by atoms with van der Waals surface area (Å²) in [5, 5.41) is 19.5. The summed E-state index contributed by atoms with van der Waals surface area (Å²) >= 11 is 0. The fourth-order valence-electron chi connectivity index (χ4n) is 1.51. The molecule has 1 unspecified atom stereocenters. The number of aliphatic hydroxyl groups excluding tert-OH is 1. The molecule has 0 spiro atoms. The summed E-state index contributed by atoms with van der Waals surface area (Å²) in [6.07, 6.45) is 0. The van der Waals surface area contributed by atoms with Crippen LogP contribution in [0.4, 0.5) is 0 Å². The molecule has 0 radical (unpaired) electrons. The smallest absolute Gasteiger partial charge is 0.322 e. The highest BCUT2D eigenvalue weighted by molar-refractivity contribution is 5.93. The molecule has 0 aromatic carbocycles. The van der Waals surface area contributed by atoms with Gasteiger partial charge in [-0.05, 0) is 26.1 Å². The number of rotatable bonds is 7. The van der Waals surface area contributed by atoms with E-state index in [2.05, 4.69) is 5.32 Å². The molecule has 0 aliphatic rings. The van der Waals surface area contributed by atoms with Gasteiger partial charge in [0.15, 0.2) is 5.76 Å². The maximum atomic E-state index is 11.6. The van der Waals surface area contributed by atoms with E-state index >= 15 is 0 Å². The topological polar surface area (TPSA) is 103 Å². The maximum absolute atomic E-state index is 11.6. The summed E-state index contributed by atoms with van der Waals surface area (Å²) in [5.41, 5.74) is 0. The lowest BCUT2D eigenvalue weighted by Gasteiger charge is -2.21. The summed E-state index contributed by atoms with van der Waals surface area (Å²) < 4.78 is 5.38. The third-order valence-corrected chi connectivity index (χ3v) is 2.78. The van der Waals surface area contributed by atoms with Crippen LogP contribution >= 0.6 is 0 Å². The molecule has 1 heterocycles. The van der Waals surface area contributed by atoms with E-state index in [0.29, 0.717) is 12.3 Å². The molecule has 0 fully saturated rings. The van der Waals surface area contributed by atoms with Crippen LogP contribution in [0.1, 0.15) is 29.3 Å². The zero-order chi connectivity index (χ0) is 14.4. The Morgan fingerprint density at radius 1 is 1.47 bits per heavy atom. The van der Waals surface area contributed by atoms with Crippen molar-refractivity contribution in [3.63, 3.8) is 0 Å². The van der Waals surface area contributed by atoms with Crippen LogP contribution in [0.15, 0.2) is 16.5 Å². The van der Waals surface area contributed by atoms with Crippen molar-refractivity contribution < 1.29 is 24.2 Å². The first-order chi connectivity index (χ1) is 8.95. The number of furan rings is 1. The van der Waals surface area contributed by atoms with Crippen molar-refractivity contribution in [3.8, 4) is 0 Å². The van der Waals surface area contributed by atoms with E-state index in [1.165, 1.54) is 6.07 Å². The van der Waals surface area contributed by atoms with Gasteiger partial charge < -0.3 is 19.9 Å². The SMILES string of the molecule is CC(c1ccc(C(=O)NCC(=O)O)o1)N(C)CCO. The van der Waals surface area contributed by atoms with Crippen LogP contribution < -0.4 is 5.32 Å². The lowest BCUT2D eigenvalue weighted by atomic mass is 10.2. The standard InChI is InChI=1S/C12H18N2O5/c1-8(14(2)5-6-15)9-3-4-10(19-9)12(18)13-7-11(16)17/h3-4,8,15H,5-7H2,1-2H3,(H,13,18)(H,16,17). The number of nitrogens with zero attached hydrogens (tertiary/aromatic N) is 1. The highest BCUT2D eigenvalue weighted by Crippen LogP contribution is 2.20. The van der Waals surface area contributed by atoms with Crippen molar-refractivity contribution >= 4 is 11.9 Å². The lowest BCUT2D eigenvalue weighted by Crippen LogP contribution is -2.29. The van der Waals surface area contributed by atoms with E-state index in [0.717, 1.165) is 0 Å². The molecule has 1 atom stereocenters. The van der Waals surface area contributed by atoms with Crippen LogP contribution in [0.25, 0.3) is 0 Å². The van der Waals surface area contributed by atoms with Gasteiger partial charge in [-0.3, -0.25) is 14.5 Å². The van der Waals surface area contributed by atoms with Crippen molar-refractivity contribution in [3.05, 3.63) is 23.7 Å². The number of hydrogen-bond donors (Lipinski definition) is 3. The lowest BCUT2D eigenvalue weighted by molar-refractivity contribution is -0.135. The van der Waals surface area contributed by atoms with Crippen LogP contribution in [-0.2, 0) is 4.79 Å². The van der Waals surface area contributed by atoms with Gasteiger partial charge in [-0.25, -0.2) is 0 Å². The number of nitrogens with one attached hydrogen (secondary N) is 1. The first kappa shape index (κ1) is 15.2. The highest BCUT2D eigenvalue weighted by Gasteiger charge is 2.18. The number of carboxylic acids is 1. The molecule has 0 aliphatic heterocycles. The Bertz CT molecular complexity index is 443. The third-order valence-electron chi connectivity index (χ3n) is 2.78. The van der Waals surface area contributed by atoms with Crippen LogP contribution in [0.2, 0.25) is 0 Å². The van der Waals surface area contributed by atoms with Crippen molar-refractivity contribution in [2.24, 2.45) is 0 Å². The number of likely N-dealkylation sites (N-methyl/N-ethyl adjacent to an activating group) is 1. The molecule has 0 aliphatic carbocycles. The number of hydrogen-bond acceptors (Lipinski definition) is 5. The van der Waals surface area contributed by atoms with Crippen molar-refractivity contribution in [1.82, 2.24) is 10.2 Å². The Morgan fingerprint density at radius 3 is 2.74 bits per heavy atom. The molecule has 1 aromatic heterocycles. The fraction of sp³-hybridized carbons (Fsp3) is 0.500. The second-order valence-electron chi connectivity index (χ2n) is 4.16. The van der Waals surface area contributed by atoms with E-state index in [9.17, 15) is 9.59 Å². The van der Waals surface area contributed by atoms with Gasteiger partial charge in [-0.15, -0.1) is 0 Å². The van der Waals surface area contributed by atoms with Crippen molar-refractivity contribution in [2.45, 2.75) is 13.0 Å². The highest BCUT2D eigenvalue weighted by atomic mass is 16.4. The fourth-order valence-corrected chi connectivity index (χ4v) is 1.51. The quantitative estimate of drug-likeness (QED) is 0.648. The minimum Gasteiger partial charge on any atom is -0.480 e. The zero-order valence-corrected chi connectivity index (χ0v) is 10.9.